The number of rotatable bonds is 0. The minimum atomic E-state index is 0.319. The number of benzene rings is 1. The van der Waals surface area contributed by atoms with E-state index in [2.05, 4.69) is 17.9 Å². The van der Waals surface area contributed by atoms with E-state index < -0.39 is 0 Å². The lowest BCUT2D eigenvalue weighted by molar-refractivity contribution is 1.30. The Kier molecular flexibility index (Phi) is 2.90. The first-order chi connectivity index (χ1) is 5.88. The molecule has 0 saturated heterocycles. The van der Waals surface area contributed by atoms with Gasteiger partial charge in [-0.25, -0.2) is 0 Å². The minimum Gasteiger partial charge on any atom is -0.320 e. The van der Waals surface area contributed by atoms with Gasteiger partial charge >= 0.3 is 0 Å². The maximum Gasteiger partial charge on any atom is 0.100 e. The number of nitriles is 1. The summed E-state index contributed by atoms with van der Waals surface area (Å²) in [6.45, 7) is 0.319. The number of hydrogen-bond donors (Lipinski definition) is 1. The molecular weight excluding hydrogens is 148 g/mol. The third-order valence-electron chi connectivity index (χ3n) is 1.37. The molecule has 0 aromatic heterocycles. The van der Waals surface area contributed by atoms with Crippen molar-refractivity contribution in [1.82, 2.24) is 0 Å². The lowest BCUT2D eigenvalue weighted by atomic mass is 10.1. The number of hydrogen-bond acceptors (Lipinski definition) is 2. The van der Waals surface area contributed by atoms with Crippen LogP contribution in [0, 0.1) is 23.2 Å². The minimum absolute atomic E-state index is 0.319. The molecule has 0 heterocycles. The summed E-state index contributed by atoms with van der Waals surface area (Å²) in [6.07, 6.45) is 0. The van der Waals surface area contributed by atoms with E-state index in [0.29, 0.717) is 12.1 Å². The molecule has 1 aromatic rings. The molecule has 0 amide bonds. The molecule has 1 rings (SSSR count). The number of nitrogens with zero attached hydrogens (tertiary/aromatic N) is 1. The molecular formula is C10H8N2. The normalized spacial score (nSPS) is 8.00. The Morgan fingerprint density at radius 3 is 2.50 bits per heavy atom. The molecule has 0 bridgehead atoms. The second-order valence-corrected chi connectivity index (χ2v) is 2.16. The van der Waals surface area contributed by atoms with Gasteiger partial charge in [0, 0.05) is 5.56 Å². The monoisotopic (exact) mass is 156 g/mol. The van der Waals surface area contributed by atoms with Crippen molar-refractivity contribution in [3.05, 3.63) is 35.4 Å². The van der Waals surface area contributed by atoms with Crippen LogP contribution in [0.1, 0.15) is 11.1 Å². The zero-order valence-corrected chi connectivity index (χ0v) is 6.54. The Bertz CT molecular complexity index is 363. The Morgan fingerprint density at radius 1 is 1.25 bits per heavy atom. The zero-order chi connectivity index (χ0) is 8.81. The summed E-state index contributed by atoms with van der Waals surface area (Å²) in [6, 6.07) is 9.26. The summed E-state index contributed by atoms with van der Waals surface area (Å²) in [5.41, 5.74) is 6.55. The molecule has 0 fully saturated rings. The predicted molar refractivity (Wildman–Crippen MR) is 47.1 cm³/mol. The molecule has 0 aliphatic heterocycles. The maximum absolute atomic E-state index is 8.67. The van der Waals surface area contributed by atoms with Gasteiger partial charge in [0.25, 0.3) is 0 Å². The van der Waals surface area contributed by atoms with Crippen molar-refractivity contribution in [3.63, 3.8) is 0 Å². The summed E-state index contributed by atoms with van der Waals surface area (Å²) >= 11 is 0. The maximum atomic E-state index is 8.67. The van der Waals surface area contributed by atoms with Gasteiger partial charge in [-0.1, -0.05) is 24.0 Å². The average molecular weight is 156 g/mol. The first kappa shape index (κ1) is 8.33. The second kappa shape index (κ2) is 4.18. The van der Waals surface area contributed by atoms with E-state index in [-0.39, 0.29) is 0 Å². The van der Waals surface area contributed by atoms with Crippen LogP contribution in [0.2, 0.25) is 0 Å². The van der Waals surface area contributed by atoms with E-state index in [1.54, 1.807) is 12.1 Å². The molecule has 0 saturated carbocycles. The Balaban J connectivity index is 3.07. The molecule has 0 spiro atoms. The summed E-state index contributed by atoms with van der Waals surface area (Å²) in [5.74, 6) is 5.53. The summed E-state index contributed by atoms with van der Waals surface area (Å²) in [5, 5.41) is 8.67. The zero-order valence-electron chi connectivity index (χ0n) is 6.54. The van der Waals surface area contributed by atoms with Crippen molar-refractivity contribution >= 4 is 0 Å². The van der Waals surface area contributed by atoms with Crippen LogP contribution in [0.3, 0.4) is 0 Å². The standard InChI is InChI=1S/C10H8N2/c11-7-3-6-9-4-1-2-5-10(9)8-12/h1-2,4-5H,7,11H2. The average Bonchev–Trinajstić information content (AvgIpc) is 2.15. The highest BCUT2D eigenvalue weighted by atomic mass is 14.5. The van der Waals surface area contributed by atoms with Gasteiger partial charge in [0.1, 0.15) is 6.07 Å². The molecule has 0 radical (unpaired) electrons. The third kappa shape index (κ3) is 1.85. The van der Waals surface area contributed by atoms with Gasteiger partial charge in [0.2, 0.25) is 0 Å². The first-order valence-corrected chi connectivity index (χ1v) is 3.56. The highest BCUT2D eigenvalue weighted by molar-refractivity contribution is 5.47. The van der Waals surface area contributed by atoms with Crippen LogP contribution in [0.25, 0.3) is 0 Å². The van der Waals surface area contributed by atoms with E-state index in [1.165, 1.54) is 0 Å². The SMILES string of the molecule is N#Cc1ccccc1C#CCN. The van der Waals surface area contributed by atoms with Crippen molar-refractivity contribution in [1.29, 1.82) is 5.26 Å². The molecule has 1 aromatic carbocycles. The van der Waals surface area contributed by atoms with Gasteiger partial charge in [0.15, 0.2) is 0 Å². The van der Waals surface area contributed by atoms with Gasteiger partial charge in [-0.15, -0.1) is 0 Å². The molecule has 0 aliphatic carbocycles. The van der Waals surface area contributed by atoms with Gasteiger partial charge in [-0.05, 0) is 12.1 Å². The molecule has 2 nitrogen and oxygen atoms in total. The Hall–Kier alpha value is -1.77. The topological polar surface area (TPSA) is 49.8 Å². The third-order valence-corrected chi connectivity index (χ3v) is 1.37. The molecule has 12 heavy (non-hydrogen) atoms. The van der Waals surface area contributed by atoms with Crippen LogP contribution >= 0.6 is 0 Å². The largest absolute Gasteiger partial charge is 0.320 e. The fourth-order valence-corrected chi connectivity index (χ4v) is 0.836. The molecule has 0 atom stereocenters. The highest BCUT2D eigenvalue weighted by Crippen LogP contribution is 2.04. The van der Waals surface area contributed by atoms with Crippen LogP contribution in [0.4, 0.5) is 0 Å². The number of nitrogens with two attached hydrogens (primary N) is 1. The first-order valence-electron chi connectivity index (χ1n) is 3.56. The van der Waals surface area contributed by atoms with E-state index >= 15 is 0 Å². The van der Waals surface area contributed by atoms with Crippen molar-refractivity contribution in [2.24, 2.45) is 5.73 Å². The van der Waals surface area contributed by atoms with Gasteiger partial charge in [-0.2, -0.15) is 5.26 Å². The van der Waals surface area contributed by atoms with E-state index in [4.69, 9.17) is 11.0 Å². The van der Waals surface area contributed by atoms with Crippen LogP contribution in [0.5, 0.6) is 0 Å². The quantitative estimate of drug-likeness (QED) is 0.566. The Labute approximate surface area is 71.6 Å². The molecule has 2 heteroatoms. The smallest absolute Gasteiger partial charge is 0.100 e. The molecule has 0 unspecified atom stereocenters. The van der Waals surface area contributed by atoms with Crippen molar-refractivity contribution in [2.45, 2.75) is 0 Å². The molecule has 2 N–H and O–H groups in total. The summed E-state index contributed by atoms with van der Waals surface area (Å²) in [4.78, 5) is 0. The van der Waals surface area contributed by atoms with Gasteiger partial charge in [0.05, 0.1) is 12.1 Å². The van der Waals surface area contributed by atoms with E-state index in [0.717, 1.165) is 5.56 Å². The van der Waals surface area contributed by atoms with Crippen LogP contribution < -0.4 is 5.73 Å². The van der Waals surface area contributed by atoms with Crippen LogP contribution in [-0.2, 0) is 0 Å². The van der Waals surface area contributed by atoms with E-state index in [1.807, 2.05) is 12.1 Å². The van der Waals surface area contributed by atoms with Gasteiger partial charge in [-0.3, -0.25) is 0 Å². The van der Waals surface area contributed by atoms with Crippen molar-refractivity contribution in [3.8, 4) is 17.9 Å². The molecule has 0 aliphatic rings. The van der Waals surface area contributed by atoms with Crippen LogP contribution in [-0.4, -0.2) is 6.54 Å². The second-order valence-electron chi connectivity index (χ2n) is 2.16. The summed E-state index contributed by atoms with van der Waals surface area (Å²) < 4.78 is 0. The van der Waals surface area contributed by atoms with Gasteiger partial charge < -0.3 is 5.73 Å². The van der Waals surface area contributed by atoms with Crippen LogP contribution in [0.15, 0.2) is 24.3 Å². The fourth-order valence-electron chi connectivity index (χ4n) is 0.836. The van der Waals surface area contributed by atoms with E-state index in [9.17, 15) is 0 Å². The highest BCUT2D eigenvalue weighted by Gasteiger charge is 1.94. The lowest BCUT2D eigenvalue weighted by Gasteiger charge is -1.91. The van der Waals surface area contributed by atoms with Crippen molar-refractivity contribution in [2.75, 3.05) is 6.54 Å². The predicted octanol–water partition coefficient (Wildman–Crippen LogP) is 0.868. The fraction of sp³-hybridized carbons (Fsp3) is 0.100. The lowest BCUT2D eigenvalue weighted by Crippen LogP contribution is -1.93. The summed E-state index contributed by atoms with van der Waals surface area (Å²) in [7, 11) is 0. The molecule has 58 valence electrons. The Morgan fingerprint density at radius 2 is 1.92 bits per heavy atom. The van der Waals surface area contributed by atoms with Crippen molar-refractivity contribution < 1.29 is 0 Å².